The van der Waals surface area contributed by atoms with Crippen LogP contribution < -0.4 is 5.32 Å². The number of benzene rings is 1. The summed E-state index contributed by atoms with van der Waals surface area (Å²) in [6, 6.07) is 9.83. The van der Waals surface area contributed by atoms with Crippen molar-refractivity contribution < 1.29 is 19.4 Å². The lowest BCUT2D eigenvalue weighted by Gasteiger charge is -2.14. The van der Waals surface area contributed by atoms with Crippen molar-refractivity contribution in [2.75, 3.05) is 26.2 Å². The summed E-state index contributed by atoms with van der Waals surface area (Å²) in [7, 11) is 0. The van der Waals surface area contributed by atoms with E-state index in [9.17, 15) is 9.59 Å². The van der Waals surface area contributed by atoms with Crippen LogP contribution in [0.4, 0.5) is 0 Å². The molecule has 0 amide bonds. The van der Waals surface area contributed by atoms with Crippen molar-refractivity contribution in [2.24, 2.45) is 0 Å². The highest BCUT2D eigenvalue weighted by Gasteiger charge is 2.23. The van der Waals surface area contributed by atoms with Gasteiger partial charge in [-0.2, -0.15) is 0 Å². The van der Waals surface area contributed by atoms with Gasteiger partial charge in [0, 0.05) is 25.7 Å². The van der Waals surface area contributed by atoms with Crippen molar-refractivity contribution >= 4 is 11.9 Å². The fourth-order valence-corrected chi connectivity index (χ4v) is 2.52. The van der Waals surface area contributed by atoms with E-state index in [2.05, 4.69) is 5.32 Å². The highest BCUT2D eigenvalue weighted by Crippen LogP contribution is 2.08. The molecular weight excluding hydrogens is 284 g/mol. The maximum Gasteiger partial charge on any atom is 0.317 e. The van der Waals surface area contributed by atoms with Crippen LogP contribution in [0.5, 0.6) is 0 Å². The van der Waals surface area contributed by atoms with E-state index in [0.717, 1.165) is 18.5 Å². The van der Waals surface area contributed by atoms with Gasteiger partial charge in [0.25, 0.3) is 0 Å². The topological polar surface area (TPSA) is 78.9 Å². The number of carboxylic acid groups (broad SMARTS) is 1. The molecule has 1 aromatic carbocycles. The lowest BCUT2D eigenvalue weighted by atomic mass is 10.2. The SMILES string of the molecule is O=C(O)CN1CC[C@@H](NCCC(=O)OCc2ccccc2)C1. The molecule has 1 aliphatic rings. The Balaban J connectivity index is 1.57. The molecule has 6 heteroatoms. The van der Waals surface area contributed by atoms with Crippen LogP contribution >= 0.6 is 0 Å². The maximum atomic E-state index is 11.6. The zero-order chi connectivity index (χ0) is 15.8. The van der Waals surface area contributed by atoms with Crippen LogP contribution in [0.3, 0.4) is 0 Å². The third-order valence-corrected chi connectivity index (χ3v) is 3.64. The van der Waals surface area contributed by atoms with E-state index in [1.807, 2.05) is 35.2 Å². The first-order valence-electron chi connectivity index (χ1n) is 7.50. The van der Waals surface area contributed by atoms with Gasteiger partial charge < -0.3 is 15.2 Å². The summed E-state index contributed by atoms with van der Waals surface area (Å²) in [5, 5.41) is 12.0. The van der Waals surface area contributed by atoms with E-state index in [1.54, 1.807) is 0 Å². The van der Waals surface area contributed by atoms with Crippen molar-refractivity contribution in [2.45, 2.75) is 25.5 Å². The fraction of sp³-hybridized carbons (Fsp3) is 0.500. The Kier molecular flexibility index (Phi) is 6.36. The molecule has 0 bridgehead atoms. The van der Waals surface area contributed by atoms with E-state index in [0.29, 0.717) is 26.1 Å². The van der Waals surface area contributed by atoms with Gasteiger partial charge in [0.15, 0.2) is 0 Å². The Morgan fingerprint density at radius 1 is 1.32 bits per heavy atom. The van der Waals surface area contributed by atoms with E-state index < -0.39 is 5.97 Å². The van der Waals surface area contributed by atoms with Crippen molar-refractivity contribution in [1.82, 2.24) is 10.2 Å². The number of carboxylic acids is 1. The third kappa shape index (κ3) is 5.83. The van der Waals surface area contributed by atoms with Gasteiger partial charge in [0.1, 0.15) is 6.61 Å². The van der Waals surface area contributed by atoms with Gasteiger partial charge >= 0.3 is 11.9 Å². The summed E-state index contributed by atoms with van der Waals surface area (Å²) in [4.78, 5) is 24.2. The van der Waals surface area contributed by atoms with Crippen LogP contribution in [0, 0.1) is 0 Å². The van der Waals surface area contributed by atoms with Crippen molar-refractivity contribution in [3.05, 3.63) is 35.9 Å². The van der Waals surface area contributed by atoms with Gasteiger partial charge in [-0.25, -0.2) is 0 Å². The average molecular weight is 306 g/mol. The van der Waals surface area contributed by atoms with Crippen LogP contribution in [0.25, 0.3) is 0 Å². The minimum absolute atomic E-state index is 0.0807. The summed E-state index contributed by atoms with van der Waals surface area (Å²) in [5.41, 5.74) is 0.976. The quantitative estimate of drug-likeness (QED) is 0.694. The third-order valence-electron chi connectivity index (χ3n) is 3.64. The van der Waals surface area contributed by atoms with E-state index in [4.69, 9.17) is 9.84 Å². The molecule has 1 aromatic rings. The lowest BCUT2D eigenvalue weighted by Crippen LogP contribution is -2.35. The summed E-state index contributed by atoms with van der Waals surface area (Å²) < 4.78 is 5.20. The maximum absolute atomic E-state index is 11.6. The molecule has 0 radical (unpaired) electrons. The number of rotatable bonds is 8. The van der Waals surface area contributed by atoms with Gasteiger partial charge in [-0.1, -0.05) is 30.3 Å². The number of hydrogen-bond acceptors (Lipinski definition) is 5. The summed E-state index contributed by atoms with van der Waals surface area (Å²) >= 11 is 0. The second-order valence-electron chi connectivity index (χ2n) is 5.46. The van der Waals surface area contributed by atoms with Gasteiger partial charge in [0.05, 0.1) is 13.0 Å². The molecule has 0 spiro atoms. The second-order valence-corrected chi connectivity index (χ2v) is 5.46. The Morgan fingerprint density at radius 3 is 2.82 bits per heavy atom. The number of ether oxygens (including phenoxy) is 1. The molecule has 1 atom stereocenters. The molecular formula is C16H22N2O4. The van der Waals surface area contributed by atoms with Crippen LogP contribution in [0.1, 0.15) is 18.4 Å². The molecule has 0 saturated carbocycles. The first kappa shape index (κ1) is 16.5. The van der Waals surface area contributed by atoms with Gasteiger partial charge in [-0.3, -0.25) is 14.5 Å². The van der Waals surface area contributed by atoms with E-state index >= 15 is 0 Å². The highest BCUT2D eigenvalue weighted by molar-refractivity contribution is 5.69. The van der Waals surface area contributed by atoms with Crippen molar-refractivity contribution in [3.8, 4) is 0 Å². The predicted octanol–water partition coefficient (Wildman–Crippen LogP) is 0.868. The second kappa shape index (κ2) is 8.51. The van der Waals surface area contributed by atoms with Crippen molar-refractivity contribution in [3.63, 3.8) is 0 Å². The summed E-state index contributed by atoms with van der Waals surface area (Å²) in [6.45, 7) is 2.43. The fourth-order valence-electron chi connectivity index (χ4n) is 2.52. The Hall–Kier alpha value is -1.92. The van der Waals surface area contributed by atoms with Crippen molar-refractivity contribution in [1.29, 1.82) is 0 Å². The minimum Gasteiger partial charge on any atom is -0.480 e. The number of nitrogens with one attached hydrogen (secondary N) is 1. The number of esters is 1. The number of carbonyl (C=O) groups excluding carboxylic acids is 1. The van der Waals surface area contributed by atoms with Gasteiger partial charge in [-0.05, 0) is 12.0 Å². The van der Waals surface area contributed by atoms with E-state index in [-0.39, 0.29) is 18.6 Å². The zero-order valence-corrected chi connectivity index (χ0v) is 12.5. The van der Waals surface area contributed by atoms with Crippen LogP contribution in [-0.4, -0.2) is 54.2 Å². The highest BCUT2D eigenvalue weighted by atomic mass is 16.5. The molecule has 1 saturated heterocycles. The smallest absolute Gasteiger partial charge is 0.317 e. The molecule has 0 aromatic heterocycles. The number of likely N-dealkylation sites (tertiary alicyclic amines) is 1. The standard InChI is InChI=1S/C16H22N2O4/c19-15(20)11-18-9-7-14(10-18)17-8-6-16(21)22-12-13-4-2-1-3-5-13/h1-5,14,17H,6-12H2,(H,19,20)/t14-/m1/s1. The summed E-state index contributed by atoms with van der Waals surface area (Å²) in [5.74, 6) is -1.03. The number of hydrogen-bond donors (Lipinski definition) is 2. The number of nitrogens with zero attached hydrogens (tertiary/aromatic N) is 1. The Bertz CT molecular complexity index is 492. The molecule has 1 fully saturated rings. The molecule has 0 aliphatic carbocycles. The van der Waals surface area contributed by atoms with Crippen LogP contribution in [-0.2, 0) is 20.9 Å². The lowest BCUT2D eigenvalue weighted by molar-refractivity contribution is -0.144. The number of aliphatic carboxylic acids is 1. The predicted molar refractivity (Wildman–Crippen MR) is 81.3 cm³/mol. The first-order chi connectivity index (χ1) is 10.6. The van der Waals surface area contributed by atoms with Gasteiger partial charge in [-0.15, -0.1) is 0 Å². The van der Waals surface area contributed by atoms with E-state index in [1.165, 1.54) is 0 Å². The molecule has 120 valence electrons. The molecule has 6 nitrogen and oxygen atoms in total. The monoisotopic (exact) mass is 306 g/mol. The Morgan fingerprint density at radius 2 is 2.09 bits per heavy atom. The normalized spacial score (nSPS) is 18.3. The Labute approximate surface area is 130 Å². The first-order valence-corrected chi connectivity index (χ1v) is 7.50. The number of carbonyl (C=O) groups is 2. The zero-order valence-electron chi connectivity index (χ0n) is 12.5. The summed E-state index contributed by atoms with van der Waals surface area (Å²) in [6.07, 6.45) is 1.23. The van der Waals surface area contributed by atoms with Crippen LogP contribution in [0.2, 0.25) is 0 Å². The molecule has 2 rings (SSSR count). The van der Waals surface area contributed by atoms with Gasteiger partial charge in [0.2, 0.25) is 0 Å². The molecule has 0 unspecified atom stereocenters. The average Bonchev–Trinajstić information content (AvgIpc) is 2.93. The molecule has 22 heavy (non-hydrogen) atoms. The molecule has 1 heterocycles. The molecule has 1 aliphatic heterocycles. The minimum atomic E-state index is -0.801. The largest absolute Gasteiger partial charge is 0.480 e. The molecule has 2 N–H and O–H groups in total. The van der Waals surface area contributed by atoms with Crippen LogP contribution in [0.15, 0.2) is 30.3 Å².